The molecule has 1 atom stereocenters. The van der Waals surface area contributed by atoms with Crippen molar-refractivity contribution >= 4 is 5.91 Å². The molecule has 0 radical (unpaired) electrons. The van der Waals surface area contributed by atoms with E-state index in [1.807, 2.05) is 0 Å². The van der Waals surface area contributed by atoms with Crippen LogP contribution >= 0.6 is 0 Å². The van der Waals surface area contributed by atoms with Crippen LogP contribution in [-0.2, 0) is 19.5 Å². The minimum Gasteiger partial charge on any atom is -0.497 e. The molecular weight excluding hydrogens is 389 g/mol. The smallest absolute Gasteiger partial charge is 0.346 e. The average Bonchev–Trinajstić information content (AvgIpc) is 2.92. The van der Waals surface area contributed by atoms with Crippen LogP contribution in [0.25, 0.3) is 0 Å². The Morgan fingerprint density at radius 2 is 2.07 bits per heavy atom. The van der Waals surface area contributed by atoms with Crippen LogP contribution in [0.2, 0.25) is 0 Å². The molecule has 0 fully saturated rings. The van der Waals surface area contributed by atoms with Gasteiger partial charge in [0.1, 0.15) is 23.1 Å². The Labute approximate surface area is 172 Å². The summed E-state index contributed by atoms with van der Waals surface area (Å²) in [5.41, 5.74) is 0.899. The molecule has 1 N–H and O–H groups in total. The minimum absolute atomic E-state index is 0.0860. The topological polar surface area (TPSA) is 91.0 Å². The van der Waals surface area contributed by atoms with Crippen LogP contribution in [0, 0.1) is 5.82 Å². The molecule has 1 amide bonds. The largest absolute Gasteiger partial charge is 0.497 e. The Morgan fingerprint density at radius 3 is 2.83 bits per heavy atom. The molecule has 0 saturated carbocycles. The fourth-order valence-electron chi connectivity index (χ4n) is 3.56. The summed E-state index contributed by atoms with van der Waals surface area (Å²) in [5, 5.41) is 7.44. The van der Waals surface area contributed by atoms with Crippen LogP contribution in [0.15, 0.2) is 47.4 Å². The second-order valence-electron chi connectivity index (χ2n) is 7.21. The summed E-state index contributed by atoms with van der Waals surface area (Å²) in [5.74, 6) is 0.673. The van der Waals surface area contributed by atoms with Crippen molar-refractivity contribution < 1.29 is 13.9 Å². The minimum atomic E-state index is -0.316. The van der Waals surface area contributed by atoms with E-state index in [2.05, 4.69) is 15.4 Å². The van der Waals surface area contributed by atoms with Gasteiger partial charge in [0.15, 0.2) is 0 Å². The number of rotatable bonds is 5. The molecule has 156 valence electrons. The summed E-state index contributed by atoms with van der Waals surface area (Å²) in [7, 11) is 1.53. The van der Waals surface area contributed by atoms with Gasteiger partial charge < -0.3 is 10.1 Å². The van der Waals surface area contributed by atoms with Gasteiger partial charge in [-0.15, -0.1) is 0 Å². The fourth-order valence-corrected chi connectivity index (χ4v) is 3.56. The molecule has 0 bridgehead atoms. The zero-order chi connectivity index (χ0) is 21.1. The van der Waals surface area contributed by atoms with Gasteiger partial charge in [0, 0.05) is 31.3 Å². The first-order valence-electron chi connectivity index (χ1n) is 9.75. The molecule has 0 aliphatic carbocycles. The zero-order valence-electron chi connectivity index (χ0n) is 16.5. The van der Waals surface area contributed by atoms with Crippen LogP contribution in [-0.4, -0.2) is 38.4 Å². The predicted octanol–water partition coefficient (Wildman–Crippen LogP) is 1.77. The van der Waals surface area contributed by atoms with Gasteiger partial charge in [0.25, 0.3) is 5.91 Å². The molecule has 0 spiro atoms. The van der Waals surface area contributed by atoms with Gasteiger partial charge in [-0.25, -0.2) is 13.9 Å². The number of methoxy groups -OCH3 is 1. The van der Waals surface area contributed by atoms with Crippen LogP contribution in [0.1, 0.15) is 34.7 Å². The molecule has 8 nitrogen and oxygen atoms in total. The number of fused-ring (bicyclic) bond motifs is 1. The van der Waals surface area contributed by atoms with Gasteiger partial charge in [-0.2, -0.15) is 5.10 Å². The van der Waals surface area contributed by atoms with E-state index in [1.165, 1.54) is 30.1 Å². The number of carbonyl (C=O) groups is 1. The summed E-state index contributed by atoms with van der Waals surface area (Å²) in [6.07, 6.45) is 3.38. The third-order valence-electron chi connectivity index (χ3n) is 5.20. The number of hydrogen-bond donors (Lipinski definition) is 1. The molecule has 1 unspecified atom stereocenters. The normalized spacial score (nSPS) is 15.9. The predicted molar refractivity (Wildman–Crippen MR) is 107 cm³/mol. The molecule has 1 aliphatic rings. The number of pyridine rings is 1. The summed E-state index contributed by atoms with van der Waals surface area (Å²) in [4.78, 5) is 29.3. The Bertz CT molecular complexity index is 1110. The lowest BCUT2D eigenvalue weighted by Crippen LogP contribution is -2.36. The molecule has 3 heterocycles. The van der Waals surface area contributed by atoms with Gasteiger partial charge in [-0.05, 0) is 36.6 Å². The molecule has 1 aliphatic heterocycles. The van der Waals surface area contributed by atoms with Crippen molar-refractivity contribution in [2.45, 2.75) is 38.4 Å². The number of carbonyl (C=O) groups excluding carboxylic acids is 1. The molecule has 4 rings (SSSR count). The summed E-state index contributed by atoms with van der Waals surface area (Å²) < 4.78 is 21.3. The first kappa shape index (κ1) is 19.8. The maximum absolute atomic E-state index is 13.1. The number of aryl methyl sites for hydroxylation is 1. The van der Waals surface area contributed by atoms with Crippen molar-refractivity contribution in [3.8, 4) is 5.75 Å². The van der Waals surface area contributed by atoms with E-state index in [-0.39, 0.29) is 29.1 Å². The highest BCUT2D eigenvalue weighted by atomic mass is 19.1. The molecule has 1 aromatic carbocycles. The van der Waals surface area contributed by atoms with Gasteiger partial charge in [0.2, 0.25) is 0 Å². The molecule has 2 aromatic heterocycles. The van der Waals surface area contributed by atoms with E-state index in [4.69, 9.17) is 4.74 Å². The second-order valence-corrected chi connectivity index (χ2v) is 7.21. The lowest BCUT2D eigenvalue weighted by molar-refractivity contribution is 0.0927. The van der Waals surface area contributed by atoms with E-state index in [0.717, 1.165) is 5.56 Å². The van der Waals surface area contributed by atoms with Gasteiger partial charge in [0.05, 0.1) is 13.7 Å². The SMILES string of the molecule is COc1ccnc(C(=O)NC2CCc3nn(Cc4ccc(F)cc4)c(=O)n3CC2)c1. The Hall–Kier alpha value is -3.49. The average molecular weight is 411 g/mol. The van der Waals surface area contributed by atoms with E-state index in [0.29, 0.717) is 43.9 Å². The Morgan fingerprint density at radius 1 is 1.27 bits per heavy atom. The summed E-state index contributed by atoms with van der Waals surface area (Å²) >= 11 is 0. The van der Waals surface area contributed by atoms with Gasteiger partial charge in [-0.1, -0.05) is 12.1 Å². The van der Waals surface area contributed by atoms with Crippen LogP contribution in [0.4, 0.5) is 4.39 Å². The van der Waals surface area contributed by atoms with E-state index < -0.39 is 0 Å². The van der Waals surface area contributed by atoms with E-state index in [1.54, 1.807) is 28.8 Å². The lowest BCUT2D eigenvalue weighted by Gasteiger charge is -2.16. The van der Waals surface area contributed by atoms with E-state index in [9.17, 15) is 14.0 Å². The Kier molecular flexibility index (Phi) is 5.60. The number of aromatic nitrogens is 4. The standard InChI is InChI=1S/C21H22FN5O3/c1-30-17-8-10-23-18(12-17)20(28)24-16-6-7-19-25-27(21(29)26(19)11-9-16)13-14-2-4-15(22)5-3-14/h2-5,8,10,12,16H,6-7,9,11,13H2,1H3,(H,24,28). The third-order valence-corrected chi connectivity index (χ3v) is 5.20. The number of nitrogens with zero attached hydrogens (tertiary/aromatic N) is 4. The molecular formula is C21H22FN5O3. The van der Waals surface area contributed by atoms with E-state index >= 15 is 0 Å². The molecule has 30 heavy (non-hydrogen) atoms. The maximum Gasteiger partial charge on any atom is 0.346 e. The number of hydrogen-bond acceptors (Lipinski definition) is 5. The van der Waals surface area contributed by atoms with Crippen molar-refractivity contribution in [1.82, 2.24) is 24.6 Å². The highest BCUT2D eigenvalue weighted by Gasteiger charge is 2.23. The van der Waals surface area contributed by atoms with Crippen molar-refractivity contribution in [3.05, 3.63) is 76.0 Å². The van der Waals surface area contributed by atoms with Crippen molar-refractivity contribution in [2.24, 2.45) is 0 Å². The summed E-state index contributed by atoms with van der Waals surface area (Å²) in [6.45, 7) is 0.759. The molecule has 3 aromatic rings. The van der Waals surface area contributed by atoms with Crippen LogP contribution in [0.5, 0.6) is 5.75 Å². The Balaban J connectivity index is 1.42. The molecule has 0 saturated heterocycles. The summed E-state index contributed by atoms with van der Waals surface area (Å²) in [6, 6.07) is 9.20. The highest BCUT2D eigenvalue weighted by molar-refractivity contribution is 5.92. The maximum atomic E-state index is 13.1. The van der Waals surface area contributed by atoms with Gasteiger partial charge >= 0.3 is 5.69 Å². The lowest BCUT2D eigenvalue weighted by atomic mass is 10.1. The van der Waals surface area contributed by atoms with Gasteiger partial charge in [-0.3, -0.25) is 14.3 Å². The number of ether oxygens (including phenoxy) is 1. The zero-order valence-corrected chi connectivity index (χ0v) is 16.5. The highest BCUT2D eigenvalue weighted by Crippen LogP contribution is 2.15. The van der Waals surface area contributed by atoms with Crippen LogP contribution in [0.3, 0.4) is 0 Å². The number of halogens is 1. The van der Waals surface area contributed by atoms with Crippen molar-refractivity contribution in [3.63, 3.8) is 0 Å². The second kappa shape index (κ2) is 8.48. The van der Waals surface area contributed by atoms with Crippen molar-refractivity contribution in [1.29, 1.82) is 0 Å². The number of amides is 1. The third kappa shape index (κ3) is 4.24. The fraction of sp³-hybridized carbons (Fsp3) is 0.333. The first-order chi connectivity index (χ1) is 14.5. The first-order valence-corrected chi connectivity index (χ1v) is 9.75. The quantitative estimate of drug-likeness (QED) is 0.691. The number of benzene rings is 1. The monoisotopic (exact) mass is 411 g/mol. The number of nitrogens with one attached hydrogen (secondary N) is 1. The van der Waals surface area contributed by atoms with Crippen molar-refractivity contribution in [2.75, 3.05) is 7.11 Å². The van der Waals surface area contributed by atoms with Crippen LogP contribution < -0.4 is 15.7 Å². The molecule has 9 heteroatoms.